The molecule has 124 valence electrons. The second-order valence-corrected chi connectivity index (χ2v) is 4.65. The molecule has 0 spiro atoms. The Bertz CT molecular complexity index is 667. The number of benzene rings is 1. The van der Waals surface area contributed by atoms with Crippen molar-refractivity contribution in [1.29, 1.82) is 0 Å². The van der Waals surface area contributed by atoms with Crippen molar-refractivity contribution < 1.29 is 32.0 Å². The number of aromatic nitrogens is 1. The van der Waals surface area contributed by atoms with Crippen molar-refractivity contribution in [3.05, 3.63) is 47.2 Å². The quantitative estimate of drug-likeness (QED) is 0.760. The highest BCUT2D eigenvalue weighted by Crippen LogP contribution is 2.32. The first kappa shape index (κ1) is 16.9. The first-order chi connectivity index (χ1) is 10.9. The maximum atomic E-state index is 12.8. The summed E-state index contributed by atoms with van der Waals surface area (Å²) in [6, 6.07) is 6.48. The van der Waals surface area contributed by atoms with Gasteiger partial charge in [-0.05, 0) is 11.2 Å². The lowest BCUT2D eigenvalue weighted by molar-refractivity contribution is -0.147. The molecular weight excluding hydrogens is 315 g/mol. The van der Waals surface area contributed by atoms with Crippen LogP contribution in [0.4, 0.5) is 13.2 Å². The highest BCUT2D eigenvalue weighted by molar-refractivity contribution is 5.69. The zero-order chi connectivity index (χ0) is 16.9. The Balaban J connectivity index is 1.87. The van der Waals surface area contributed by atoms with Gasteiger partial charge in [-0.2, -0.15) is 13.2 Å². The third-order valence-electron chi connectivity index (χ3n) is 3.03. The number of methoxy groups -OCH3 is 1. The van der Waals surface area contributed by atoms with Gasteiger partial charge in [0.05, 0.1) is 19.1 Å². The third kappa shape index (κ3) is 4.73. The summed E-state index contributed by atoms with van der Waals surface area (Å²) in [5, 5.41) is 3.57. The fourth-order valence-corrected chi connectivity index (χ4v) is 1.89. The number of esters is 1. The molecule has 1 aromatic carbocycles. The summed E-state index contributed by atoms with van der Waals surface area (Å²) >= 11 is 0. The summed E-state index contributed by atoms with van der Waals surface area (Å²) in [6.07, 6.45) is -4.30. The minimum absolute atomic E-state index is 0.0352. The van der Waals surface area contributed by atoms with E-state index in [2.05, 4.69) is 5.16 Å². The normalized spacial score (nSPS) is 11.3. The van der Waals surface area contributed by atoms with Crippen LogP contribution in [0.15, 0.2) is 34.9 Å². The van der Waals surface area contributed by atoms with Crippen LogP contribution in [0.5, 0.6) is 5.88 Å². The molecule has 0 radical (unpaired) electrons. The van der Waals surface area contributed by atoms with Gasteiger partial charge in [0.1, 0.15) is 12.4 Å². The Morgan fingerprint density at radius 3 is 2.70 bits per heavy atom. The van der Waals surface area contributed by atoms with Crippen molar-refractivity contribution in [2.75, 3.05) is 7.11 Å². The second-order valence-electron chi connectivity index (χ2n) is 4.65. The molecule has 1 heterocycles. The molecule has 0 aliphatic heterocycles. The van der Waals surface area contributed by atoms with E-state index >= 15 is 0 Å². The Morgan fingerprint density at radius 1 is 1.30 bits per heavy atom. The standard InChI is InChI=1S/C15H14F3NO4/c1-21-13-8-11(23-19-13)6-7-14(20)22-9-10-4-2-3-5-12(10)15(16,17)18/h2-5,8H,6-7,9H2,1H3. The second kappa shape index (κ2) is 7.17. The lowest BCUT2D eigenvalue weighted by atomic mass is 10.1. The van der Waals surface area contributed by atoms with Crippen molar-refractivity contribution in [3.63, 3.8) is 0 Å². The van der Waals surface area contributed by atoms with Gasteiger partial charge in [-0.3, -0.25) is 4.79 Å². The Kier molecular flexibility index (Phi) is 5.25. The fraction of sp³-hybridized carbons (Fsp3) is 0.333. The average Bonchev–Trinajstić information content (AvgIpc) is 2.98. The molecule has 2 rings (SSSR count). The molecule has 1 aromatic heterocycles. The van der Waals surface area contributed by atoms with E-state index in [4.69, 9.17) is 14.0 Å². The predicted molar refractivity (Wildman–Crippen MR) is 72.6 cm³/mol. The first-order valence-corrected chi connectivity index (χ1v) is 6.70. The van der Waals surface area contributed by atoms with Crippen LogP contribution in [-0.4, -0.2) is 18.2 Å². The summed E-state index contributed by atoms with van der Waals surface area (Å²) in [5.74, 6) is 0.0827. The van der Waals surface area contributed by atoms with E-state index < -0.39 is 24.3 Å². The van der Waals surface area contributed by atoms with Crippen LogP contribution >= 0.6 is 0 Å². The van der Waals surface area contributed by atoms with E-state index in [-0.39, 0.29) is 24.3 Å². The van der Waals surface area contributed by atoms with Crippen LogP contribution in [-0.2, 0) is 28.7 Å². The molecule has 0 saturated heterocycles. The molecule has 8 heteroatoms. The number of hydrogen-bond donors (Lipinski definition) is 0. The van der Waals surface area contributed by atoms with Gasteiger partial charge in [0.25, 0.3) is 5.88 Å². The van der Waals surface area contributed by atoms with E-state index in [1.54, 1.807) is 0 Å². The Hall–Kier alpha value is -2.51. The van der Waals surface area contributed by atoms with Crippen LogP contribution in [0.25, 0.3) is 0 Å². The highest BCUT2D eigenvalue weighted by atomic mass is 19.4. The summed E-state index contributed by atoms with van der Waals surface area (Å²) in [4.78, 5) is 11.6. The van der Waals surface area contributed by atoms with Gasteiger partial charge < -0.3 is 14.0 Å². The zero-order valence-electron chi connectivity index (χ0n) is 12.2. The minimum Gasteiger partial charge on any atom is -0.479 e. The lowest BCUT2D eigenvalue weighted by Gasteiger charge is -2.12. The van der Waals surface area contributed by atoms with Crippen molar-refractivity contribution >= 4 is 5.97 Å². The van der Waals surface area contributed by atoms with E-state index in [1.807, 2.05) is 0 Å². The molecule has 5 nitrogen and oxygen atoms in total. The zero-order valence-corrected chi connectivity index (χ0v) is 12.2. The van der Waals surface area contributed by atoms with Crippen molar-refractivity contribution in [2.45, 2.75) is 25.6 Å². The monoisotopic (exact) mass is 329 g/mol. The van der Waals surface area contributed by atoms with E-state index in [0.29, 0.717) is 5.76 Å². The maximum absolute atomic E-state index is 12.8. The summed E-state index contributed by atoms with van der Waals surface area (Å²) < 4.78 is 53.0. The minimum atomic E-state index is -4.49. The molecule has 0 aliphatic rings. The number of carbonyl (C=O) groups excluding carboxylic acids is 1. The molecular formula is C15H14F3NO4. The largest absolute Gasteiger partial charge is 0.479 e. The van der Waals surface area contributed by atoms with Gasteiger partial charge in [-0.15, -0.1) is 0 Å². The summed E-state index contributed by atoms with van der Waals surface area (Å²) in [5.41, 5.74) is -0.901. The van der Waals surface area contributed by atoms with Gasteiger partial charge >= 0.3 is 12.1 Å². The van der Waals surface area contributed by atoms with E-state index in [9.17, 15) is 18.0 Å². The molecule has 0 unspecified atom stereocenters. The molecule has 0 atom stereocenters. The van der Waals surface area contributed by atoms with E-state index in [1.165, 1.54) is 31.4 Å². The topological polar surface area (TPSA) is 61.6 Å². The summed E-state index contributed by atoms with van der Waals surface area (Å²) in [6.45, 7) is -0.436. The SMILES string of the molecule is COc1cc(CCC(=O)OCc2ccccc2C(F)(F)F)on1. The fourth-order valence-electron chi connectivity index (χ4n) is 1.89. The molecule has 0 amide bonds. The smallest absolute Gasteiger partial charge is 0.416 e. The van der Waals surface area contributed by atoms with Crippen molar-refractivity contribution in [1.82, 2.24) is 5.16 Å². The lowest BCUT2D eigenvalue weighted by Crippen LogP contribution is -2.12. The third-order valence-corrected chi connectivity index (χ3v) is 3.03. The first-order valence-electron chi connectivity index (χ1n) is 6.70. The molecule has 0 aliphatic carbocycles. The van der Waals surface area contributed by atoms with Crippen LogP contribution in [0, 0.1) is 0 Å². The van der Waals surface area contributed by atoms with Gasteiger partial charge in [0, 0.05) is 18.1 Å². The molecule has 0 bridgehead atoms. The van der Waals surface area contributed by atoms with Crippen molar-refractivity contribution in [3.8, 4) is 5.88 Å². The number of hydrogen-bond acceptors (Lipinski definition) is 5. The Morgan fingerprint density at radius 2 is 2.04 bits per heavy atom. The van der Waals surface area contributed by atoms with Crippen LogP contribution in [0.2, 0.25) is 0 Å². The van der Waals surface area contributed by atoms with Crippen LogP contribution in [0.3, 0.4) is 0 Å². The molecule has 2 aromatic rings. The number of halogens is 3. The maximum Gasteiger partial charge on any atom is 0.416 e. The van der Waals surface area contributed by atoms with E-state index in [0.717, 1.165) is 6.07 Å². The molecule has 0 N–H and O–H groups in total. The number of ether oxygens (including phenoxy) is 2. The van der Waals surface area contributed by atoms with Gasteiger partial charge in [-0.1, -0.05) is 18.2 Å². The summed E-state index contributed by atoms with van der Waals surface area (Å²) in [7, 11) is 1.42. The average molecular weight is 329 g/mol. The number of rotatable bonds is 6. The molecule has 0 saturated carbocycles. The number of aryl methyl sites for hydroxylation is 1. The number of carbonyl (C=O) groups is 1. The van der Waals surface area contributed by atoms with Gasteiger partial charge in [-0.25, -0.2) is 0 Å². The predicted octanol–water partition coefficient (Wildman–Crippen LogP) is 3.38. The van der Waals surface area contributed by atoms with Crippen LogP contribution in [0.1, 0.15) is 23.3 Å². The molecule has 0 fully saturated rings. The number of nitrogens with zero attached hydrogens (tertiary/aromatic N) is 1. The highest BCUT2D eigenvalue weighted by Gasteiger charge is 2.33. The van der Waals surface area contributed by atoms with Crippen LogP contribution < -0.4 is 4.74 Å². The van der Waals surface area contributed by atoms with Gasteiger partial charge in [0.15, 0.2) is 0 Å². The van der Waals surface area contributed by atoms with Crippen molar-refractivity contribution in [2.24, 2.45) is 0 Å². The van der Waals surface area contributed by atoms with Gasteiger partial charge in [0.2, 0.25) is 0 Å². The Labute approximate surface area is 130 Å². The number of alkyl halides is 3. The molecule has 23 heavy (non-hydrogen) atoms.